The third-order valence-electron chi connectivity index (χ3n) is 6.03. The van der Waals surface area contributed by atoms with Gasteiger partial charge in [-0.25, -0.2) is 4.79 Å². The molecule has 0 aromatic carbocycles. The molecule has 0 heterocycles. The Morgan fingerprint density at radius 1 is 1.09 bits per heavy atom. The van der Waals surface area contributed by atoms with Crippen LogP contribution < -0.4 is 0 Å². The average molecular weight is 310 g/mol. The van der Waals surface area contributed by atoms with Crippen molar-refractivity contribution in [3.8, 4) is 0 Å². The molecule has 0 spiro atoms. The van der Waals surface area contributed by atoms with Gasteiger partial charge in [0.05, 0.1) is 7.11 Å². The van der Waals surface area contributed by atoms with E-state index in [4.69, 9.17) is 9.47 Å². The highest BCUT2D eigenvalue weighted by molar-refractivity contribution is 5.69. The maximum atomic E-state index is 12.0. The summed E-state index contributed by atoms with van der Waals surface area (Å²) in [6.07, 6.45) is 6.63. The Hall–Kier alpha value is -1.26. The fraction of sp³-hybridized carbons (Fsp3) is 0.882. The van der Waals surface area contributed by atoms with E-state index in [1.54, 1.807) is 0 Å². The normalized spacial score (nSPS) is 39.7. The molecule has 5 rings (SSSR count). The average Bonchev–Trinajstić information content (AvgIpc) is 2.50. The number of esters is 1. The first-order valence-corrected chi connectivity index (χ1v) is 8.54. The van der Waals surface area contributed by atoms with Crippen molar-refractivity contribution in [1.29, 1.82) is 0 Å². The number of rotatable bonds is 3. The summed E-state index contributed by atoms with van der Waals surface area (Å²) in [6.45, 7) is 1.83. The van der Waals surface area contributed by atoms with Gasteiger partial charge in [0, 0.05) is 12.3 Å². The van der Waals surface area contributed by atoms with Crippen LogP contribution in [0.5, 0.6) is 0 Å². The Kier molecular flexibility index (Phi) is 4.33. The molecule has 124 valence electrons. The summed E-state index contributed by atoms with van der Waals surface area (Å²) < 4.78 is 16.2. The molecule has 0 aromatic heterocycles. The number of ether oxygens (including phenoxy) is 3. The first-order chi connectivity index (χ1) is 10.6. The molecule has 5 saturated carbocycles. The Labute approximate surface area is 131 Å². The molecule has 5 fully saturated rings. The van der Waals surface area contributed by atoms with E-state index in [-0.39, 0.29) is 18.0 Å². The second-order valence-electron chi connectivity index (χ2n) is 7.03. The second kappa shape index (κ2) is 6.09. The van der Waals surface area contributed by atoms with Crippen molar-refractivity contribution in [1.82, 2.24) is 0 Å². The van der Waals surface area contributed by atoms with Crippen LogP contribution in [0.2, 0.25) is 0 Å². The molecule has 5 aliphatic rings. The lowest BCUT2D eigenvalue weighted by atomic mass is 9.55. The van der Waals surface area contributed by atoms with Crippen LogP contribution in [0, 0.1) is 17.8 Å². The number of methoxy groups -OCH3 is 1. The molecule has 5 nitrogen and oxygen atoms in total. The van der Waals surface area contributed by atoms with E-state index in [2.05, 4.69) is 4.74 Å². The predicted octanol–water partition coefficient (Wildman–Crippen LogP) is 3.45. The van der Waals surface area contributed by atoms with Crippen LogP contribution in [0.1, 0.15) is 58.3 Å². The van der Waals surface area contributed by atoms with Crippen molar-refractivity contribution in [2.24, 2.45) is 17.8 Å². The Morgan fingerprint density at radius 2 is 1.86 bits per heavy atom. The molecule has 5 unspecified atom stereocenters. The number of hydrogen-bond donors (Lipinski definition) is 0. The van der Waals surface area contributed by atoms with Crippen LogP contribution in [0.25, 0.3) is 0 Å². The molecule has 5 heteroatoms. The molecule has 0 aliphatic heterocycles. The van der Waals surface area contributed by atoms with Gasteiger partial charge < -0.3 is 14.2 Å². The number of carbonyl (C=O) groups excluding carboxylic acids is 2. The lowest BCUT2D eigenvalue weighted by Crippen LogP contribution is -2.57. The minimum atomic E-state index is -0.625. The van der Waals surface area contributed by atoms with Gasteiger partial charge in [0.1, 0.15) is 11.7 Å². The van der Waals surface area contributed by atoms with E-state index in [1.165, 1.54) is 7.11 Å². The molecule has 0 N–H and O–H groups in total. The highest BCUT2D eigenvalue weighted by Crippen LogP contribution is 2.56. The van der Waals surface area contributed by atoms with Crippen LogP contribution in [-0.4, -0.2) is 30.9 Å². The number of carbonyl (C=O) groups is 2. The van der Waals surface area contributed by atoms with Crippen LogP contribution >= 0.6 is 0 Å². The highest BCUT2D eigenvalue weighted by atomic mass is 16.7. The molecule has 5 aliphatic carbocycles. The van der Waals surface area contributed by atoms with Crippen molar-refractivity contribution in [3.63, 3.8) is 0 Å². The maximum absolute atomic E-state index is 12.0. The van der Waals surface area contributed by atoms with Gasteiger partial charge in [0.15, 0.2) is 0 Å². The molecule has 0 amide bonds. The maximum Gasteiger partial charge on any atom is 0.508 e. The van der Waals surface area contributed by atoms with E-state index >= 15 is 0 Å². The van der Waals surface area contributed by atoms with Gasteiger partial charge in [-0.2, -0.15) is 0 Å². The Bertz CT molecular complexity index is 446. The van der Waals surface area contributed by atoms with Crippen molar-refractivity contribution in [2.75, 3.05) is 7.11 Å². The third kappa shape index (κ3) is 2.70. The molecule has 4 bridgehead atoms. The third-order valence-corrected chi connectivity index (χ3v) is 6.03. The van der Waals surface area contributed by atoms with E-state index in [0.717, 1.165) is 44.9 Å². The largest absolute Gasteiger partial charge is 0.508 e. The number of hydrogen-bond acceptors (Lipinski definition) is 5. The van der Waals surface area contributed by atoms with E-state index in [9.17, 15) is 9.59 Å². The summed E-state index contributed by atoms with van der Waals surface area (Å²) in [7, 11) is 1.33. The fourth-order valence-electron chi connectivity index (χ4n) is 4.97. The highest BCUT2D eigenvalue weighted by Gasteiger charge is 2.56. The van der Waals surface area contributed by atoms with Gasteiger partial charge in [0.2, 0.25) is 0 Å². The molecule has 5 atom stereocenters. The summed E-state index contributed by atoms with van der Waals surface area (Å²) >= 11 is 0. The van der Waals surface area contributed by atoms with Gasteiger partial charge in [-0.3, -0.25) is 4.79 Å². The van der Waals surface area contributed by atoms with E-state index < -0.39 is 11.8 Å². The smallest absolute Gasteiger partial charge is 0.459 e. The van der Waals surface area contributed by atoms with Crippen molar-refractivity contribution < 1.29 is 23.8 Å². The predicted molar refractivity (Wildman–Crippen MR) is 79.2 cm³/mol. The molecule has 0 aromatic rings. The first kappa shape index (κ1) is 15.6. The van der Waals surface area contributed by atoms with Gasteiger partial charge in [-0.05, 0) is 56.8 Å². The summed E-state index contributed by atoms with van der Waals surface area (Å²) in [5.74, 6) is 1.31. The quantitative estimate of drug-likeness (QED) is 0.747. The SMILES string of the molecule is CCC(=O)OC12CCC3CCC(OC(=O)OC)C1CCC3C2. The lowest BCUT2D eigenvalue weighted by Gasteiger charge is -2.55. The summed E-state index contributed by atoms with van der Waals surface area (Å²) in [4.78, 5) is 23.6. The van der Waals surface area contributed by atoms with Crippen LogP contribution in [0.15, 0.2) is 0 Å². The van der Waals surface area contributed by atoms with Crippen LogP contribution in [0.3, 0.4) is 0 Å². The standard InChI is InChI=1S/C17H26O5/c1-3-15(18)22-17-9-8-11-5-7-14(21-16(19)20-2)13(17)6-4-12(11)10-17/h11-14H,3-10H2,1-2H3. The van der Waals surface area contributed by atoms with Gasteiger partial charge >= 0.3 is 12.1 Å². The summed E-state index contributed by atoms with van der Waals surface area (Å²) in [5.41, 5.74) is -0.425. The van der Waals surface area contributed by atoms with Crippen LogP contribution in [-0.2, 0) is 19.0 Å². The van der Waals surface area contributed by atoms with Gasteiger partial charge in [-0.1, -0.05) is 6.92 Å². The lowest BCUT2D eigenvalue weighted by molar-refractivity contribution is -0.202. The summed E-state index contributed by atoms with van der Waals surface area (Å²) in [6, 6.07) is 0. The zero-order valence-electron chi connectivity index (χ0n) is 13.5. The van der Waals surface area contributed by atoms with Crippen molar-refractivity contribution in [2.45, 2.75) is 70.0 Å². The van der Waals surface area contributed by atoms with Gasteiger partial charge in [-0.15, -0.1) is 0 Å². The van der Waals surface area contributed by atoms with E-state index in [0.29, 0.717) is 18.3 Å². The topological polar surface area (TPSA) is 61.8 Å². The molecule has 22 heavy (non-hydrogen) atoms. The Balaban J connectivity index is 1.86. The molecule has 0 radical (unpaired) electrons. The second-order valence-corrected chi connectivity index (χ2v) is 7.03. The molecular weight excluding hydrogens is 284 g/mol. The molecule has 0 saturated heterocycles. The summed E-state index contributed by atoms with van der Waals surface area (Å²) in [5, 5.41) is 0. The zero-order valence-corrected chi connectivity index (χ0v) is 13.5. The minimum absolute atomic E-state index is 0.111. The van der Waals surface area contributed by atoms with E-state index in [1.807, 2.05) is 6.92 Å². The van der Waals surface area contributed by atoms with Gasteiger partial charge in [0.25, 0.3) is 0 Å². The fourth-order valence-corrected chi connectivity index (χ4v) is 4.97. The zero-order chi connectivity index (χ0) is 15.7. The Morgan fingerprint density at radius 3 is 2.59 bits per heavy atom. The minimum Gasteiger partial charge on any atom is -0.459 e. The first-order valence-electron chi connectivity index (χ1n) is 8.54. The number of fused-ring (bicyclic) bond motifs is 2. The van der Waals surface area contributed by atoms with Crippen LogP contribution in [0.4, 0.5) is 4.79 Å². The van der Waals surface area contributed by atoms with Crippen molar-refractivity contribution >= 4 is 12.1 Å². The monoisotopic (exact) mass is 310 g/mol. The molecular formula is C17H26O5. The van der Waals surface area contributed by atoms with Crippen molar-refractivity contribution in [3.05, 3.63) is 0 Å².